The number of rotatable bonds is 5. The number of nitrogen functional groups attached to an aromatic ring is 1. The predicted octanol–water partition coefficient (Wildman–Crippen LogP) is 2.91. The van der Waals surface area contributed by atoms with Crippen molar-refractivity contribution in [3.63, 3.8) is 0 Å². The zero-order valence-corrected chi connectivity index (χ0v) is 21.3. The Morgan fingerprint density at radius 1 is 0.973 bits per heavy atom. The lowest BCUT2D eigenvalue weighted by molar-refractivity contribution is -0.131. The fraction of sp³-hybridized carbons (Fsp3) is 0.296. The van der Waals surface area contributed by atoms with Crippen molar-refractivity contribution in [2.75, 3.05) is 43.9 Å². The normalized spacial score (nSPS) is 13.3. The van der Waals surface area contributed by atoms with Crippen molar-refractivity contribution in [2.24, 2.45) is 0 Å². The largest absolute Gasteiger partial charge is 0.400 e. The zero-order valence-electron chi connectivity index (χ0n) is 21.3. The van der Waals surface area contributed by atoms with E-state index in [1.54, 1.807) is 12.4 Å². The number of Topliss-reactive ketones (excluding diaryl/α,β-unsaturated/α-hetero) is 1. The Morgan fingerprint density at radius 2 is 1.68 bits per heavy atom. The van der Waals surface area contributed by atoms with Crippen molar-refractivity contribution in [2.45, 2.75) is 20.3 Å². The second-order valence-electron chi connectivity index (χ2n) is 8.57. The fourth-order valence-corrected chi connectivity index (χ4v) is 4.50. The molecule has 37 heavy (non-hydrogen) atoms. The van der Waals surface area contributed by atoms with E-state index >= 15 is 0 Å². The van der Waals surface area contributed by atoms with Gasteiger partial charge in [0, 0.05) is 62.6 Å². The van der Waals surface area contributed by atoms with Gasteiger partial charge < -0.3 is 20.6 Å². The molecule has 4 aromatic rings. The quantitative estimate of drug-likeness (QED) is 0.399. The van der Waals surface area contributed by atoms with E-state index in [-0.39, 0.29) is 17.5 Å². The molecule has 1 saturated heterocycles. The predicted molar refractivity (Wildman–Crippen MR) is 143 cm³/mol. The van der Waals surface area contributed by atoms with Gasteiger partial charge in [-0.3, -0.25) is 14.6 Å². The van der Waals surface area contributed by atoms with Crippen LogP contribution in [0.5, 0.6) is 0 Å². The standard InChI is InChI=1S/C26H27N7O2.CH4O/c1-3-22(35)31-11-13-32(14-12-31)26-23(17(2)34)24(27)33-25(30-26)20(16-29-33)19-9-10-21(28-15-19)18-7-5-4-6-8-18;1-2/h4-10,15-16H,3,11-14,27H2,1-2H3;2H,1H3. The number of carbonyl (C=O) groups excluding carboxylic acids is 2. The summed E-state index contributed by atoms with van der Waals surface area (Å²) in [4.78, 5) is 38.1. The molecule has 1 fully saturated rings. The van der Waals surface area contributed by atoms with Crippen molar-refractivity contribution in [1.29, 1.82) is 0 Å². The summed E-state index contributed by atoms with van der Waals surface area (Å²) in [5, 5.41) is 11.4. The van der Waals surface area contributed by atoms with Gasteiger partial charge in [-0.15, -0.1) is 0 Å². The van der Waals surface area contributed by atoms with Crippen LogP contribution in [0.25, 0.3) is 28.0 Å². The summed E-state index contributed by atoms with van der Waals surface area (Å²) in [6.07, 6.45) is 3.97. The van der Waals surface area contributed by atoms with E-state index in [9.17, 15) is 9.59 Å². The van der Waals surface area contributed by atoms with Gasteiger partial charge in [0.2, 0.25) is 5.91 Å². The second kappa shape index (κ2) is 11.2. The molecule has 0 saturated carbocycles. The highest BCUT2D eigenvalue weighted by Gasteiger charge is 2.27. The number of aliphatic hydroxyl groups is 1. The molecule has 10 heteroatoms. The van der Waals surface area contributed by atoms with E-state index in [1.165, 1.54) is 11.4 Å². The topological polar surface area (TPSA) is 130 Å². The summed E-state index contributed by atoms with van der Waals surface area (Å²) in [5.41, 5.74) is 10.9. The summed E-state index contributed by atoms with van der Waals surface area (Å²) in [6.45, 7) is 5.65. The number of hydrogen-bond donors (Lipinski definition) is 2. The highest BCUT2D eigenvalue weighted by molar-refractivity contribution is 6.04. The van der Waals surface area contributed by atoms with Gasteiger partial charge >= 0.3 is 0 Å². The average Bonchev–Trinajstić information content (AvgIpc) is 3.38. The average molecular weight is 502 g/mol. The minimum Gasteiger partial charge on any atom is -0.400 e. The highest BCUT2D eigenvalue weighted by atomic mass is 16.2. The molecule has 1 amide bonds. The van der Waals surface area contributed by atoms with Crippen molar-refractivity contribution >= 4 is 29.0 Å². The molecule has 4 heterocycles. The van der Waals surface area contributed by atoms with E-state index < -0.39 is 0 Å². The van der Waals surface area contributed by atoms with Gasteiger partial charge in [-0.1, -0.05) is 43.3 Å². The third-order valence-corrected chi connectivity index (χ3v) is 6.39. The number of fused-ring (bicyclic) bond motifs is 1. The van der Waals surface area contributed by atoms with Crippen LogP contribution in [0.4, 0.5) is 11.6 Å². The molecule has 3 N–H and O–H groups in total. The molecule has 192 valence electrons. The van der Waals surface area contributed by atoms with Crippen molar-refractivity contribution in [1.82, 2.24) is 24.5 Å². The van der Waals surface area contributed by atoms with Crippen LogP contribution in [-0.4, -0.2) is 74.6 Å². The number of piperazine rings is 1. The van der Waals surface area contributed by atoms with E-state index in [4.69, 9.17) is 15.8 Å². The van der Waals surface area contributed by atoms with E-state index in [0.717, 1.165) is 29.5 Å². The van der Waals surface area contributed by atoms with Gasteiger partial charge in [-0.2, -0.15) is 9.61 Å². The number of benzene rings is 1. The lowest BCUT2D eigenvalue weighted by Crippen LogP contribution is -2.49. The Bertz CT molecular complexity index is 1390. The molecule has 5 rings (SSSR count). The number of carbonyl (C=O) groups is 2. The van der Waals surface area contributed by atoms with Gasteiger partial charge in [0.1, 0.15) is 17.2 Å². The SMILES string of the molecule is CCC(=O)N1CCN(c2nc3c(-c4ccc(-c5ccccc5)nc4)cnn3c(N)c2C(C)=O)CC1.CO. The summed E-state index contributed by atoms with van der Waals surface area (Å²) >= 11 is 0. The van der Waals surface area contributed by atoms with Crippen LogP contribution in [0.1, 0.15) is 30.6 Å². The Morgan fingerprint density at radius 3 is 2.27 bits per heavy atom. The van der Waals surface area contributed by atoms with Crippen LogP contribution in [0.3, 0.4) is 0 Å². The lowest BCUT2D eigenvalue weighted by Gasteiger charge is -2.36. The second-order valence-corrected chi connectivity index (χ2v) is 8.57. The summed E-state index contributed by atoms with van der Waals surface area (Å²) < 4.78 is 1.51. The molecule has 10 nitrogen and oxygen atoms in total. The first-order valence-corrected chi connectivity index (χ1v) is 12.2. The maximum atomic E-state index is 12.6. The Hall–Kier alpha value is -4.31. The van der Waals surface area contributed by atoms with E-state index in [0.29, 0.717) is 49.6 Å². The molecule has 1 aliphatic rings. The van der Waals surface area contributed by atoms with Crippen LogP contribution < -0.4 is 10.6 Å². The molecule has 0 spiro atoms. The molecular weight excluding hydrogens is 470 g/mol. The summed E-state index contributed by atoms with van der Waals surface area (Å²) in [7, 11) is 1.00. The Labute approximate surface area is 215 Å². The van der Waals surface area contributed by atoms with Gasteiger partial charge in [0.05, 0.1) is 11.9 Å². The van der Waals surface area contributed by atoms with Crippen LogP contribution >= 0.6 is 0 Å². The number of ketones is 1. The Kier molecular flexibility index (Phi) is 7.78. The van der Waals surface area contributed by atoms with Gasteiger partial charge in [-0.25, -0.2) is 4.98 Å². The number of anilines is 2. The number of nitrogens with two attached hydrogens (primary N) is 1. The molecule has 0 atom stereocenters. The molecule has 0 unspecified atom stereocenters. The molecule has 0 radical (unpaired) electrons. The van der Waals surface area contributed by atoms with Crippen LogP contribution in [0, 0.1) is 0 Å². The van der Waals surface area contributed by atoms with Gasteiger partial charge in [0.25, 0.3) is 0 Å². The molecule has 3 aromatic heterocycles. The molecule has 1 aliphatic heterocycles. The first-order valence-electron chi connectivity index (χ1n) is 12.2. The van der Waals surface area contributed by atoms with Crippen molar-refractivity contribution < 1.29 is 14.7 Å². The van der Waals surface area contributed by atoms with E-state index in [2.05, 4.69) is 10.1 Å². The smallest absolute Gasteiger partial charge is 0.222 e. The number of amides is 1. The van der Waals surface area contributed by atoms with Crippen LogP contribution in [0.15, 0.2) is 54.9 Å². The zero-order chi connectivity index (χ0) is 26.5. The number of nitrogens with zero attached hydrogens (tertiary/aromatic N) is 6. The van der Waals surface area contributed by atoms with Gasteiger partial charge in [-0.05, 0) is 13.0 Å². The first kappa shape index (κ1) is 25.8. The van der Waals surface area contributed by atoms with Crippen LogP contribution in [-0.2, 0) is 4.79 Å². The van der Waals surface area contributed by atoms with Crippen LogP contribution in [0.2, 0.25) is 0 Å². The third kappa shape index (κ3) is 5.01. The number of hydrogen-bond acceptors (Lipinski definition) is 8. The summed E-state index contributed by atoms with van der Waals surface area (Å²) in [5.74, 6) is 0.736. The lowest BCUT2D eigenvalue weighted by atomic mass is 10.1. The maximum Gasteiger partial charge on any atom is 0.222 e. The monoisotopic (exact) mass is 501 g/mol. The Balaban J connectivity index is 0.00000156. The maximum absolute atomic E-state index is 12.6. The van der Waals surface area contributed by atoms with Crippen molar-refractivity contribution in [3.8, 4) is 22.4 Å². The summed E-state index contributed by atoms with van der Waals surface area (Å²) in [6, 6.07) is 13.9. The van der Waals surface area contributed by atoms with Gasteiger partial charge in [0.15, 0.2) is 11.4 Å². The highest BCUT2D eigenvalue weighted by Crippen LogP contribution is 2.32. The number of pyridine rings is 1. The molecule has 0 aliphatic carbocycles. The fourth-order valence-electron chi connectivity index (χ4n) is 4.50. The minimum atomic E-state index is -0.176. The molecule has 1 aromatic carbocycles. The number of aliphatic hydroxyl groups excluding tert-OH is 1. The van der Waals surface area contributed by atoms with E-state index in [1.807, 2.05) is 59.2 Å². The minimum absolute atomic E-state index is 0.129. The molecule has 0 bridgehead atoms. The number of aromatic nitrogens is 4. The van der Waals surface area contributed by atoms with Crippen molar-refractivity contribution in [3.05, 3.63) is 60.4 Å². The first-order chi connectivity index (χ1) is 18.0. The molecular formula is C27H31N7O3. The third-order valence-electron chi connectivity index (χ3n) is 6.39.